The fraction of sp³-hybridized carbons (Fsp3) is 1.00. The first-order valence-corrected chi connectivity index (χ1v) is 7.86. The largest absolute Gasteiger partial charge is 0.382 e. The van der Waals surface area contributed by atoms with Crippen molar-refractivity contribution in [3.8, 4) is 0 Å². The average molecular weight is 200 g/mol. The standard InChI is InChI=1S/C11H24OSi/c1-2-3-4-7-10-13-11-8-5-6-9-12-11/h11H,2-10,13H2,1H3. The smallest absolute Gasteiger partial charge is 0.0555 e. The maximum Gasteiger partial charge on any atom is 0.0555 e. The third-order valence-corrected chi connectivity index (χ3v) is 5.10. The molecule has 0 aliphatic carbocycles. The van der Waals surface area contributed by atoms with E-state index in [-0.39, 0.29) is 9.52 Å². The van der Waals surface area contributed by atoms with Crippen molar-refractivity contribution in [1.29, 1.82) is 0 Å². The summed E-state index contributed by atoms with van der Waals surface area (Å²) in [5, 5.41) is 0. The molecule has 0 bridgehead atoms. The number of unbranched alkanes of at least 4 members (excludes halogenated alkanes) is 3. The first-order valence-electron chi connectivity index (χ1n) is 6.05. The van der Waals surface area contributed by atoms with Crippen molar-refractivity contribution in [3.05, 3.63) is 0 Å². The van der Waals surface area contributed by atoms with Crippen LogP contribution in [0, 0.1) is 0 Å². The van der Waals surface area contributed by atoms with Gasteiger partial charge >= 0.3 is 0 Å². The topological polar surface area (TPSA) is 9.23 Å². The van der Waals surface area contributed by atoms with E-state index in [1.165, 1.54) is 51.0 Å². The lowest BCUT2D eigenvalue weighted by atomic mass is 10.2. The number of rotatable bonds is 6. The van der Waals surface area contributed by atoms with Gasteiger partial charge in [-0.25, -0.2) is 0 Å². The van der Waals surface area contributed by atoms with Crippen LogP contribution >= 0.6 is 0 Å². The van der Waals surface area contributed by atoms with Crippen LogP contribution in [0.2, 0.25) is 6.04 Å². The van der Waals surface area contributed by atoms with Gasteiger partial charge < -0.3 is 4.74 Å². The van der Waals surface area contributed by atoms with Crippen molar-refractivity contribution in [1.82, 2.24) is 0 Å². The molecule has 0 saturated carbocycles. The van der Waals surface area contributed by atoms with Gasteiger partial charge in [0.2, 0.25) is 0 Å². The molecule has 1 heterocycles. The Morgan fingerprint density at radius 1 is 1.23 bits per heavy atom. The Kier molecular flexibility index (Phi) is 6.55. The van der Waals surface area contributed by atoms with Crippen LogP contribution in [0.1, 0.15) is 51.9 Å². The fourth-order valence-electron chi connectivity index (χ4n) is 2.01. The van der Waals surface area contributed by atoms with Crippen LogP contribution in [0.3, 0.4) is 0 Å². The molecule has 78 valence electrons. The van der Waals surface area contributed by atoms with E-state index < -0.39 is 0 Å². The maximum atomic E-state index is 5.75. The van der Waals surface area contributed by atoms with Crippen LogP contribution in [-0.4, -0.2) is 21.9 Å². The third kappa shape index (κ3) is 5.48. The Balaban J connectivity index is 1.86. The van der Waals surface area contributed by atoms with Gasteiger partial charge in [0.25, 0.3) is 0 Å². The minimum absolute atomic E-state index is 0.115. The molecule has 0 aromatic rings. The molecular formula is C11H24OSi. The third-order valence-electron chi connectivity index (χ3n) is 2.90. The Morgan fingerprint density at radius 2 is 2.15 bits per heavy atom. The summed E-state index contributed by atoms with van der Waals surface area (Å²) in [6.45, 7) is 3.33. The predicted octanol–water partition coefficient (Wildman–Crippen LogP) is 2.68. The highest BCUT2D eigenvalue weighted by Gasteiger charge is 2.12. The molecule has 0 aromatic heterocycles. The summed E-state index contributed by atoms with van der Waals surface area (Å²) in [5.41, 5.74) is 0.746. The minimum Gasteiger partial charge on any atom is -0.382 e. The summed E-state index contributed by atoms with van der Waals surface area (Å²) in [6, 6.07) is 1.52. The van der Waals surface area contributed by atoms with Crippen LogP contribution in [0.25, 0.3) is 0 Å². The van der Waals surface area contributed by atoms with E-state index in [0.29, 0.717) is 0 Å². The lowest BCUT2D eigenvalue weighted by Crippen LogP contribution is -2.25. The molecule has 1 atom stereocenters. The zero-order chi connectivity index (χ0) is 9.36. The number of ether oxygens (including phenoxy) is 1. The summed E-state index contributed by atoms with van der Waals surface area (Å²) >= 11 is 0. The summed E-state index contributed by atoms with van der Waals surface area (Å²) < 4.78 is 5.75. The van der Waals surface area contributed by atoms with E-state index in [2.05, 4.69) is 6.92 Å². The highest BCUT2D eigenvalue weighted by Crippen LogP contribution is 2.13. The number of hydrogen-bond acceptors (Lipinski definition) is 1. The normalized spacial score (nSPS) is 24.2. The minimum atomic E-state index is 0.115. The first kappa shape index (κ1) is 11.3. The van der Waals surface area contributed by atoms with E-state index in [1.807, 2.05) is 0 Å². The van der Waals surface area contributed by atoms with Gasteiger partial charge in [-0.1, -0.05) is 38.7 Å². The molecule has 1 rings (SSSR count). The Bertz CT molecular complexity index is 111. The lowest BCUT2D eigenvalue weighted by molar-refractivity contribution is 0.0649. The second-order valence-corrected chi connectivity index (χ2v) is 6.39. The molecular weight excluding hydrogens is 176 g/mol. The lowest BCUT2D eigenvalue weighted by Gasteiger charge is -2.22. The van der Waals surface area contributed by atoms with E-state index in [9.17, 15) is 0 Å². The molecule has 0 spiro atoms. The molecule has 1 saturated heterocycles. The van der Waals surface area contributed by atoms with Gasteiger partial charge in [0, 0.05) is 12.3 Å². The monoisotopic (exact) mass is 200 g/mol. The van der Waals surface area contributed by atoms with E-state index in [4.69, 9.17) is 4.74 Å². The Morgan fingerprint density at radius 3 is 2.85 bits per heavy atom. The highest BCUT2D eigenvalue weighted by atomic mass is 28.2. The molecule has 1 fully saturated rings. The van der Waals surface area contributed by atoms with Crippen LogP contribution in [0.4, 0.5) is 0 Å². The molecule has 1 nitrogen and oxygen atoms in total. The summed E-state index contributed by atoms with van der Waals surface area (Å²) in [7, 11) is 0.115. The molecule has 2 heteroatoms. The van der Waals surface area contributed by atoms with E-state index in [1.54, 1.807) is 0 Å². The average Bonchev–Trinajstić information content (AvgIpc) is 2.19. The van der Waals surface area contributed by atoms with Crippen LogP contribution in [-0.2, 0) is 4.74 Å². The van der Waals surface area contributed by atoms with Gasteiger partial charge in [-0.05, 0) is 19.3 Å². The number of hydrogen-bond donors (Lipinski definition) is 0. The van der Waals surface area contributed by atoms with Gasteiger partial charge in [-0.2, -0.15) is 0 Å². The zero-order valence-electron chi connectivity index (χ0n) is 9.06. The van der Waals surface area contributed by atoms with Gasteiger partial charge in [-0.3, -0.25) is 0 Å². The van der Waals surface area contributed by atoms with Gasteiger partial charge in [0.1, 0.15) is 0 Å². The van der Waals surface area contributed by atoms with Crippen molar-refractivity contribution in [3.63, 3.8) is 0 Å². The van der Waals surface area contributed by atoms with Gasteiger partial charge in [0.15, 0.2) is 0 Å². The van der Waals surface area contributed by atoms with Gasteiger partial charge in [-0.15, -0.1) is 0 Å². The first-order chi connectivity index (χ1) is 6.43. The maximum absolute atomic E-state index is 5.75. The Labute approximate surface area is 85.1 Å². The quantitative estimate of drug-likeness (QED) is 0.473. The zero-order valence-corrected chi connectivity index (χ0v) is 10.5. The van der Waals surface area contributed by atoms with Crippen molar-refractivity contribution in [2.45, 2.75) is 63.6 Å². The van der Waals surface area contributed by atoms with E-state index >= 15 is 0 Å². The second-order valence-electron chi connectivity index (χ2n) is 4.19. The molecule has 0 radical (unpaired) electrons. The van der Waals surface area contributed by atoms with Crippen molar-refractivity contribution in [2.24, 2.45) is 0 Å². The van der Waals surface area contributed by atoms with Crippen LogP contribution < -0.4 is 0 Å². The van der Waals surface area contributed by atoms with Crippen LogP contribution in [0.15, 0.2) is 0 Å². The molecule has 0 N–H and O–H groups in total. The van der Waals surface area contributed by atoms with Crippen molar-refractivity contribution in [2.75, 3.05) is 6.61 Å². The molecule has 1 aliphatic rings. The predicted molar refractivity (Wildman–Crippen MR) is 61.1 cm³/mol. The summed E-state index contributed by atoms with van der Waals surface area (Å²) in [6.07, 6.45) is 9.82. The molecule has 0 amide bonds. The molecule has 1 aliphatic heterocycles. The van der Waals surface area contributed by atoms with E-state index in [0.717, 1.165) is 12.3 Å². The summed E-state index contributed by atoms with van der Waals surface area (Å²) in [5.74, 6) is 0. The molecule has 13 heavy (non-hydrogen) atoms. The molecule has 0 aromatic carbocycles. The second kappa shape index (κ2) is 7.57. The fourth-order valence-corrected chi connectivity index (χ4v) is 4.02. The van der Waals surface area contributed by atoms with Gasteiger partial charge in [0.05, 0.1) is 9.52 Å². The Hall–Kier alpha value is 0.177. The molecule has 1 unspecified atom stereocenters. The van der Waals surface area contributed by atoms with Crippen LogP contribution in [0.5, 0.6) is 0 Å². The highest BCUT2D eigenvalue weighted by molar-refractivity contribution is 6.37. The van der Waals surface area contributed by atoms with Crippen molar-refractivity contribution < 1.29 is 4.74 Å². The summed E-state index contributed by atoms with van der Waals surface area (Å²) in [4.78, 5) is 0. The SMILES string of the molecule is CCCCCC[SiH2]C1CCCCO1. The van der Waals surface area contributed by atoms with Crippen molar-refractivity contribution >= 4 is 9.52 Å².